The Morgan fingerprint density at radius 3 is 2.18 bits per heavy atom. The van der Waals surface area contributed by atoms with Gasteiger partial charge in [-0.3, -0.25) is 4.79 Å². The number of nitrogen functional groups attached to an aromatic ring is 1. The number of anilines is 1. The third kappa shape index (κ3) is 6.89. The van der Waals surface area contributed by atoms with E-state index in [0.29, 0.717) is 35.6 Å². The van der Waals surface area contributed by atoms with Crippen LogP contribution in [0.5, 0.6) is 0 Å². The lowest BCUT2D eigenvalue weighted by atomic mass is 10.1. The summed E-state index contributed by atoms with van der Waals surface area (Å²) in [7, 11) is 0. The number of nitriles is 2. The molecule has 0 radical (unpaired) electrons. The highest BCUT2D eigenvalue weighted by molar-refractivity contribution is 5.99. The molecule has 4 rings (SSSR count). The Bertz CT molecular complexity index is 1560. The van der Waals surface area contributed by atoms with Gasteiger partial charge in [0.1, 0.15) is 5.69 Å². The number of nitrogens with two attached hydrogens (primary N) is 1. The number of amides is 1. The number of fused-ring (bicyclic) bond motifs is 1. The number of benzene rings is 3. The van der Waals surface area contributed by atoms with Crippen LogP contribution in [-0.2, 0) is 17.9 Å². The number of rotatable bonds is 5. The van der Waals surface area contributed by atoms with E-state index in [1.807, 2.05) is 59.2 Å². The minimum absolute atomic E-state index is 0.212. The van der Waals surface area contributed by atoms with Crippen LogP contribution in [0.25, 0.3) is 10.9 Å². The maximum Gasteiger partial charge on any atom is 0.490 e. The number of aromatic nitrogens is 1. The van der Waals surface area contributed by atoms with Crippen LogP contribution >= 0.6 is 0 Å². The number of nitrogens with zero attached hydrogens (tertiary/aromatic N) is 3. The molecule has 1 heterocycles. The van der Waals surface area contributed by atoms with Crippen molar-refractivity contribution in [3.63, 3.8) is 0 Å². The van der Waals surface area contributed by atoms with Gasteiger partial charge in [-0.15, -0.1) is 0 Å². The number of carboxylic acids is 1. The van der Waals surface area contributed by atoms with Crippen molar-refractivity contribution in [3.05, 3.63) is 101 Å². The molecule has 38 heavy (non-hydrogen) atoms. The van der Waals surface area contributed by atoms with Gasteiger partial charge in [0.25, 0.3) is 5.91 Å². The van der Waals surface area contributed by atoms with Gasteiger partial charge in [0, 0.05) is 29.7 Å². The molecule has 0 atom stereocenters. The Labute approximate surface area is 214 Å². The number of alkyl halides is 3. The average molecular weight is 519 g/mol. The maximum absolute atomic E-state index is 13.1. The second-order valence-electron chi connectivity index (χ2n) is 8.04. The predicted molar refractivity (Wildman–Crippen MR) is 133 cm³/mol. The van der Waals surface area contributed by atoms with E-state index in [4.69, 9.17) is 20.9 Å². The molecule has 4 aromatic rings. The summed E-state index contributed by atoms with van der Waals surface area (Å²) in [6, 6.07) is 26.0. The summed E-state index contributed by atoms with van der Waals surface area (Å²) in [6.07, 6.45) is -5.08. The molecular formula is C27H20F3N5O3. The molecule has 0 saturated heterocycles. The number of carboxylic acid groups (broad SMARTS) is 1. The quantitative estimate of drug-likeness (QED) is 0.329. The van der Waals surface area contributed by atoms with Gasteiger partial charge in [0.2, 0.25) is 0 Å². The van der Waals surface area contributed by atoms with E-state index in [2.05, 4.69) is 17.5 Å². The number of hydrogen-bond donors (Lipinski definition) is 3. The monoisotopic (exact) mass is 519 g/mol. The van der Waals surface area contributed by atoms with E-state index in [1.165, 1.54) is 0 Å². The molecule has 11 heteroatoms. The second kappa shape index (κ2) is 11.6. The third-order valence-electron chi connectivity index (χ3n) is 5.33. The van der Waals surface area contributed by atoms with Gasteiger partial charge in [0.05, 0.1) is 23.3 Å². The Kier molecular flexibility index (Phi) is 8.36. The first-order chi connectivity index (χ1) is 18.0. The SMILES string of the molecule is N#Cc1ccc(CNC(=O)c2cc3cc(N)ccc3n2Cc2cccc(C#N)c2)cc1.O=C(O)C(F)(F)F. The molecule has 0 spiro atoms. The fraction of sp³-hybridized carbons (Fsp3) is 0.111. The van der Waals surface area contributed by atoms with Crippen LogP contribution in [0.2, 0.25) is 0 Å². The molecule has 0 unspecified atom stereocenters. The highest BCUT2D eigenvalue weighted by Gasteiger charge is 2.38. The second-order valence-corrected chi connectivity index (χ2v) is 8.04. The standard InChI is InChI=1S/C25H19N5O.C2HF3O2/c26-13-17-4-6-18(7-5-17)15-29-25(31)24-12-21-11-22(28)8-9-23(21)30(24)16-20-3-1-2-19(10-20)14-27;3-2(4,5)1(6)7/h1-12H,15-16,28H2,(H,29,31);(H,6,7). The summed E-state index contributed by atoms with van der Waals surface area (Å²) < 4.78 is 33.7. The van der Waals surface area contributed by atoms with E-state index in [0.717, 1.165) is 22.0 Å². The normalized spacial score (nSPS) is 10.6. The largest absolute Gasteiger partial charge is 0.490 e. The number of carbonyl (C=O) groups is 2. The number of carbonyl (C=O) groups excluding carboxylic acids is 1. The van der Waals surface area contributed by atoms with Crippen molar-refractivity contribution < 1.29 is 27.9 Å². The molecule has 8 nitrogen and oxygen atoms in total. The van der Waals surface area contributed by atoms with Crippen molar-refractivity contribution in [2.75, 3.05) is 5.73 Å². The zero-order valence-corrected chi connectivity index (χ0v) is 19.7. The lowest BCUT2D eigenvalue weighted by molar-refractivity contribution is -0.192. The molecular weight excluding hydrogens is 499 g/mol. The van der Waals surface area contributed by atoms with Gasteiger partial charge in [-0.25, -0.2) is 4.79 Å². The summed E-state index contributed by atoms with van der Waals surface area (Å²) in [5.41, 5.74) is 10.9. The third-order valence-corrected chi connectivity index (χ3v) is 5.33. The fourth-order valence-electron chi connectivity index (χ4n) is 3.54. The van der Waals surface area contributed by atoms with Gasteiger partial charge in [-0.2, -0.15) is 23.7 Å². The zero-order valence-electron chi connectivity index (χ0n) is 19.7. The molecule has 4 N–H and O–H groups in total. The zero-order chi connectivity index (χ0) is 27.9. The van der Waals surface area contributed by atoms with Crippen molar-refractivity contribution >= 4 is 28.5 Å². The number of nitrogens with one attached hydrogen (secondary N) is 1. The lowest BCUT2D eigenvalue weighted by Crippen LogP contribution is -2.25. The van der Waals surface area contributed by atoms with Crippen LogP contribution < -0.4 is 11.1 Å². The molecule has 0 aliphatic heterocycles. The smallest absolute Gasteiger partial charge is 0.475 e. The molecule has 0 fully saturated rings. The summed E-state index contributed by atoms with van der Waals surface area (Å²) >= 11 is 0. The van der Waals surface area contributed by atoms with Crippen LogP contribution in [0.3, 0.4) is 0 Å². The van der Waals surface area contributed by atoms with E-state index in [-0.39, 0.29) is 5.91 Å². The topological polar surface area (TPSA) is 145 Å². The molecule has 1 aromatic heterocycles. The van der Waals surface area contributed by atoms with Crippen LogP contribution in [-0.4, -0.2) is 27.7 Å². The van der Waals surface area contributed by atoms with Gasteiger partial charge in [0.15, 0.2) is 0 Å². The van der Waals surface area contributed by atoms with E-state index >= 15 is 0 Å². The summed E-state index contributed by atoms with van der Waals surface area (Å²) in [4.78, 5) is 22.0. The van der Waals surface area contributed by atoms with E-state index in [1.54, 1.807) is 18.2 Å². The predicted octanol–water partition coefficient (Wildman–Crippen LogP) is 4.58. The van der Waals surface area contributed by atoms with Crippen LogP contribution in [0, 0.1) is 22.7 Å². The summed E-state index contributed by atoms with van der Waals surface area (Å²) in [6.45, 7) is 0.792. The minimum Gasteiger partial charge on any atom is -0.475 e. The highest BCUT2D eigenvalue weighted by Crippen LogP contribution is 2.24. The number of hydrogen-bond acceptors (Lipinski definition) is 5. The molecule has 0 aliphatic carbocycles. The van der Waals surface area contributed by atoms with E-state index < -0.39 is 12.1 Å². The molecule has 0 saturated carbocycles. The number of aliphatic carboxylic acids is 1. The van der Waals surface area contributed by atoms with Gasteiger partial charge in [-0.1, -0.05) is 24.3 Å². The Balaban J connectivity index is 0.000000505. The van der Waals surface area contributed by atoms with E-state index in [9.17, 15) is 23.2 Å². The first kappa shape index (κ1) is 27.3. The molecule has 0 aliphatic rings. The summed E-state index contributed by atoms with van der Waals surface area (Å²) in [5, 5.41) is 29.1. The van der Waals surface area contributed by atoms with Crippen molar-refractivity contribution in [2.24, 2.45) is 0 Å². The highest BCUT2D eigenvalue weighted by atomic mass is 19.4. The lowest BCUT2D eigenvalue weighted by Gasteiger charge is -2.12. The van der Waals surface area contributed by atoms with Crippen LogP contribution in [0.4, 0.5) is 18.9 Å². The van der Waals surface area contributed by atoms with Crippen LogP contribution in [0.15, 0.2) is 72.8 Å². The molecule has 0 bridgehead atoms. The average Bonchev–Trinajstić information content (AvgIpc) is 3.24. The Morgan fingerprint density at radius 1 is 0.921 bits per heavy atom. The first-order valence-corrected chi connectivity index (χ1v) is 11.0. The van der Waals surface area contributed by atoms with Crippen molar-refractivity contribution in [1.29, 1.82) is 10.5 Å². The van der Waals surface area contributed by atoms with Gasteiger partial charge >= 0.3 is 12.1 Å². The van der Waals surface area contributed by atoms with Gasteiger partial charge in [-0.05, 0) is 59.7 Å². The Morgan fingerprint density at radius 2 is 1.58 bits per heavy atom. The fourth-order valence-corrected chi connectivity index (χ4v) is 3.54. The maximum atomic E-state index is 13.1. The molecule has 3 aromatic carbocycles. The minimum atomic E-state index is -5.08. The summed E-state index contributed by atoms with van der Waals surface area (Å²) in [5.74, 6) is -2.97. The van der Waals surface area contributed by atoms with Gasteiger partial charge < -0.3 is 20.7 Å². The van der Waals surface area contributed by atoms with Crippen molar-refractivity contribution in [2.45, 2.75) is 19.3 Å². The molecule has 1 amide bonds. The molecule has 192 valence electrons. The van der Waals surface area contributed by atoms with Crippen molar-refractivity contribution in [3.8, 4) is 12.1 Å². The number of halogens is 3. The van der Waals surface area contributed by atoms with Crippen molar-refractivity contribution in [1.82, 2.24) is 9.88 Å². The first-order valence-electron chi connectivity index (χ1n) is 11.0. The Hall–Kier alpha value is -5.29. The van der Waals surface area contributed by atoms with Crippen LogP contribution in [0.1, 0.15) is 32.7 Å².